The quantitative estimate of drug-likeness (QED) is 0.653. The van der Waals surface area contributed by atoms with Gasteiger partial charge >= 0.3 is 0 Å². The smallest absolute Gasteiger partial charge is 0.268 e. The number of aromatic hydroxyl groups is 1. The molecule has 2 amide bonds. The normalized spacial score (nSPS) is 14.9. The molecule has 0 saturated heterocycles. The van der Waals surface area contributed by atoms with Crippen LogP contribution < -0.4 is 16.2 Å². The van der Waals surface area contributed by atoms with Crippen LogP contribution in [-0.2, 0) is 6.42 Å². The predicted octanol–water partition coefficient (Wildman–Crippen LogP) is 2.44. The second kappa shape index (κ2) is 6.53. The van der Waals surface area contributed by atoms with Crippen molar-refractivity contribution in [3.05, 3.63) is 69.5 Å². The van der Waals surface area contributed by atoms with Gasteiger partial charge in [0.15, 0.2) is 0 Å². The molecular formula is C21H19N3O4. The van der Waals surface area contributed by atoms with Gasteiger partial charge in [0.05, 0.1) is 16.8 Å². The lowest BCUT2D eigenvalue weighted by atomic mass is 10.1. The summed E-state index contributed by atoms with van der Waals surface area (Å²) in [5.41, 5.74) is 1.28. The lowest BCUT2D eigenvalue weighted by molar-refractivity contribution is 0.0964. The Hall–Kier alpha value is -3.61. The van der Waals surface area contributed by atoms with Crippen LogP contribution in [0.2, 0.25) is 0 Å². The van der Waals surface area contributed by atoms with E-state index in [-0.39, 0.29) is 34.5 Å². The molecular weight excluding hydrogens is 358 g/mol. The molecule has 1 aliphatic heterocycles. The number of rotatable bonds is 3. The zero-order valence-corrected chi connectivity index (χ0v) is 15.4. The first-order valence-corrected chi connectivity index (χ1v) is 8.95. The summed E-state index contributed by atoms with van der Waals surface area (Å²) in [6.07, 6.45) is 0.663. The van der Waals surface area contributed by atoms with Crippen LogP contribution in [0, 0.1) is 0 Å². The number of benzene rings is 2. The highest BCUT2D eigenvalue weighted by atomic mass is 16.3. The van der Waals surface area contributed by atoms with Crippen LogP contribution in [0.15, 0.2) is 47.3 Å². The number of para-hydroxylation sites is 2. The van der Waals surface area contributed by atoms with Crippen LogP contribution in [0.5, 0.6) is 5.75 Å². The van der Waals surface area contributed by atoms with E-state index in [4.69, 9.17) is 0 Å². The molecule has 7 nitrogen and oxygen atoms in total. The molecule has 1 unspecified atom stereocenters. The number of amides is 2. The number of nitrogens with one attached hydrogen (secondary N) is 2. The summed E-state index contributed by atoms with van der Waals surface area (Å²) in [6.45, 7) is 1.90. The van der Waals surface area contributed by atoms with E-state index < -0.39 is 11.5 Å². The van der Waals surface area contributed by atoms with Crippen molar-refractivity contribution < 1.29 is 14.7 Å². The first kappa shape index (κ1) is 17.8. The van der Waals surface area contributed by atoms with Crippen molar-refractivity contribution in [2.24, 2.45) is 0 Å². The largest absolute Gasteiger partial charge is 0.506 e. The predicted molar refractivity (Wildman–Crippen MR) is 106 cm³/mol. The van der Waals surface area contributed by atoms with Gasteiger partial charge in [0.2, 0.25) is 0 Å². The molecule has 0 saturated carbocycles. The molecule has 3 N–H and O–H groups in total. The lowest BCUT2D eigenvalue weighted by Gasteiger charge is -2.15. The number of hydrogen-bond donors (Lipinski definition) is 3. The molecule has 28 heavy (non-hydrogen) atoms. The van der Waals surface area contributed by atoms with E-state index in [1.54, 1.807) is 41.0 Å². The lowest BCUT2D eigenvalue weighted by Crippen LogP contribution is -2.30. The van der Waals surface area contributed by atoms with Gasteiger partial charge in [-0.3, -0.25) is 14.4 Å². The van der Waals surface area contributed by atoms with Gasteiger partial charge < -0.3 is 20.3 Å². The third-order valence-electron chi connectivity index (χ3n) is 5.12. The van der Waals surface area contributed by atoms with Crippen molar-refractivity contribution in [2.45, 2.75) is 19.4 Å². The summed E-state index contributed by atoms with van der Waals surface area (Å²) in [5, 5.41) is 16.3. The second-order valence-corrected chi connectivity index (χ2v) is 6.84. The molecule has 3 aromatic rings. The zero-order chi connectivity index (χ0) is 20.0. The molecule has 4 rings (SSSR count). The molecule has 0 aliphatic carbocycles. The van der Waals surface area contributed by atoms with E-state index in [0.29, 0.717) is 17.3 Å². The summed E-state index contributed by atoms with van der Waals surface area (Å²) < 4.78 is 1.56. The van der Waals surface area contributed by atoms with Crippen molar-refractivity contribution in [3.8, 4) is 5.75 Å². The van der Waals surface area contributed by atoms with Crippen molar-refractivity contribution in [1.29, 1.82) is 0 Å². The number of pyridine rings is 1. The standard InChI is InChI=1S/C21H19N3O4/c1-11-10-12-6-5-8-14-17(12)24(11)21(28)16(18(14)25)20(27)23-15-9-4-3-7-13(15)19(26)22-2/h3-9,11,25H,10H2,1-2H3,(H,22,26)(H,23,27). The molecule has 1 atom stereocenters. The Morgan fingerprint density at radius 2 is 1.86 bits per heavy atom. The first-order valence-electron chi connectivity index (χ1n) is 8.95. The maximum Gasteiger partial charge on any atom is 0.268 e. The molecule has 1 aromatic heterocycles. The average Bonchev–Trinajstić information content (AvgIpc) is 3.03. The van der Waals surface area contributed by atoms with E-state index in [0.717, 1.165) is 5.56 Å². The van der Waals surface area contributed by atoms with Crippen LogP contribution in [-0.4, -0.2) is 28.5 Å². The third kappa shape index (κ3) is 2.55. The highest BCUT2D eigenvalue weighted by Gasteiger charge is 2.29. The van der Waals surface area contributed by atoms with Gasteiger partial charge in [-0.25, -0.2) is 0 Å². The van der Waals surface area contributed by atoms with E-state index in [2.05, 4.69) is 10.6 Å². The SMILES string of the molecule is CNC(=O)c1ccccc1NC(=O)c1c(O)c2cccc3c2n(c1=O)C(C)C3. The number of aromatic nitrogens is 1. The highest BCUT2D eigenvalue weighted by molar-refractivity contribution is 6.12. The Balaban J connectivity index is 1.85. The summed E-state index contributed by atoms with van der Waals surface area (Å²) in [7, 11) is 1.49. The number of nitrogens with zero attached hydrogens (tertiary/aromatic N) is 1. The number of carbonyl (C=O) groups excluding carboxylic acids is 2. The Morgan fingerprint density at radius 3 is 2.61 bits per heavy atom. The van der Waals surface area contributed by atoms with Crippen LogP contribution in [0.25, 0.3) is 10.9 Å². The van der Waals surface area contributed by atoms with Crippen LogP contribution >= 0.6 is 0 Å². The Morgan fingerprint density at radius 1 is 1.11 bits per heavy atom. The molecule has 7 heteroatoms. The molecule has 2 heterocycles. The second-order valence-electron chi connectivity index (χ2n) is 6.84. The Kier molecular flexibility index (Phi) is 4.15. The summed E-state index contributed by atoms with van der Waals surface area (Å²) in [4.78, 5) is 38.0. The minimum Gasteiger partial charge on any atom is -0.506 e. The van der Waals surface area contributed by atoms with Crippen molar-refractivity contribution in [3.63, 3.8) is 0 Å². The first-order chi connectivity index (χ1) is 13.4. The Labute approximate surface area is 160 Å². The van der Waals surface area contributed by atoms with Crippen molar-refractivity contribution >= 4 is 28.4 Å². The summed E-state index contributed by atoms with van der Waals surface area (Å²) in [6, 6.07) is 11.8. The zero-order valence-electron chi connectivity index (χ0n) is 15.4. The molecule has 0 fully saturated rings. The van der Waals surface area contributed by atoms with Gasteiger partial charge in [0.1, 0.15) is 11.3 Å². The highest BCUT2D eigenvalue weighted by Crippen LogP contribution is 2.36. The Bertz CT molecular complexity index is 1200. The van der Waals surface area contributed by atoms with Crippen LogP contribution in [0.3, 0.4) is 0 Å². The van der Waals surface area contributed by atoms with E-state index in [1.807, 2.05) is 13.0 Å². The van der Waals surface area contributed by atoms with Gasteiger partial charge in [-0.2, -0.15) is 0 Å². The molecule has 142 valence electrons. The minimum absolute atomic E-state index is 0.113. The van der Waals surface area contributed by atoms with Gasteiger partial charge in [-0.15, -0.1) is 0 Å². The summed E-state index contributed by atoms with van der Waals surface area (Å²) in [5.74, 6) is -1.47. The van der Waals surface area contributed by atoms with Gasteiger partial charge in [0, 0.05) is 18.5 Å². The fourth-order valence-electron chi connectivity index (χ4n) is 3.83. The molecule has 0 bridgehead atoms. The third-order valence-corrected chi connectivity index (χ3v) is 5.12. The molecule has 0 spiro atoms. The van der Waals surface area contributed by atoms with Gasteiger partial charge in [-0.1, -0.05) is 24.3 Å². The summed E-state index contributed by atoms with van der Waals surface area (Å²) >= 11 is 0. The van der Waals surface area contributed by atoms with Gasteiger partial charge in [0.25, 0.3) is 17.4 Å². The van der Waals surface area contributed by atoms with E-state index >= 15 is 0 Å². The van der Waals surface area contributed by atoms with Gasteiger partial charge in [-0.05, 0) is 37.1 Å². The fourth-order valence-corrected chi connectivity index (χ4v) is 3.83. The molecule has 2 aromatic carbocycles. The number of anilines is 1. The average molecular weight is 377 g/mol. The molecule has 0 radical (unpaired) electrons. The maximum absolute atomic E-state index is 13.0. The topological polar surface area (TPSA) is 100 Å². The fraction of sp³-hybridized carbons (Fsp3) is 0.190. The molecule has 1 aliphatic rings. The van der Waals surface area contributed by atoms with Crippen LogP contribution in [0.4, 0.5) is 5.69 Å². The maximum atomic E-state index is 13.0. The number of hydrogen-bond acceptors (Lipinski definition) is 4. The van der Waals surface area contributed by atoms with E-state index in [1.165, 1.54) is 7.05 Å². The van der Waals surface area contributed by atoms with Crippen LogP contribution in [0.1, 0.15) is 39.2 Å². The minimum atomic E-state index is -0.756. The van der Waals surface area contributed by atoms with Crippen molar-refractivity contribution in [2.75, 3.05) is 12.4 Å². The van der Waals surface area contributed by atoms with Crippen molar-refractivity contribution in [1.82, 2.24) is 9.88 Å². The monoisotopic (exact) mass is 377 g/mol. The number of carbonyl (C=O) groups is 2. The van der Waals surface area contributed by atoms with E-state index in [9.17, 15) is 19.5 Å².